The van der Waals surface area contributed by atoms with Crippen LogP contribution in [0.1, 0.15) is 29.3 Å². The lowest BCUT2D eigenvalue weighted by Gasteiger charge is -2.15. The molecule has 1 aromatic heterocycles. The lowest BCUT2D eigenvalue weighted by molar-refractivity contribution is -0.114. The summed E-state index contributed by atoms with van der Waals surface area (Å²) in [5.41, 5.74) is 5.01. The highest BCUT2D eigenvalue weighted by Crippen LogP contribution is 2.37. The number of hydrogen-bond acceptors (Lipinski definition) is 5. The Morgan fingerprint density at radius 2 is 1.86 bits per heavy atom. The van der Waals surface area contributed by atoms with Crippen molar-refractivity contribution in [3.63, 3.8) is 0 Å². The topological polar surface area (TPSA) is 93.1 Å². The number of benzene rings is 2. The first-order chi connectivity index (χ1) is 13.8. The second kappa shape index (κ2) is 7.13. The molecule has 0 aliphatic carbocycles. The van der Waals surface area contributed by atoms with Gasteiger partial charge in [0.15, 0.2) is 0 Å². The summed E-state index contributed by atoms with van der Waals surface area (Å²) in [6, 6.07) is 12.3. The van der Waals surface area contributed by atoms with Crippen LogP contribution < -0.4 is 10.6 Å². The number of anilines is 1. The van der Waals surface area contributed by atoms with Gasteiger partial charge in [-0.05, 0) is 43.7 Å². The second-order valence-electron chi connectivity index (χ2n) is 7.27. The van der Waals surface area contributed by atoms with E-state index in [1.54, 1.807) is 24.3 Å². The third-order valence-corrected chi connectivity index (χ3v) is 6.46. The van der Waals surface area contributed by atoms with E-state index in [2.05, 4.69) is 15.7 Å². The summed E-state index contributed by atoms with van der Waals surface area (Å²) in [6.07, 6.45) is 0. The van der Waals surface area contributed by atoms with Gasteiger partial charge >= 0.3 is 0 Å². The van der Waals surface area contributed by atoms with Crippen molar-refractivity contribution in [2.45, 2.75) is 38.8 Å². The molecule has 1 aliphatic rings. The Kier molecular flexibility index (Phi) is 4.76. The minimum absolute atomic E-state index is 0.182. The number of carbonyl (C=O) groups is 1. The molecule has 2 N–H and O–H groups in total. The summed E-state index contributed by atoms with van der Waals surface area (Å²) in [4.78, 5) is 11.9. The number of rotatable bonds is 4. The van der Waals surface area contributed by atoms with Gasteiger partial charge in [-0.3, -0.25) is 4.79 Å². The van der Waals surface area contributed by atoms with Gasteiger partial charge in [-0.2, -0.15) is 17.6 Å². The summed E-state index contributed by atoms with van der Waals surface area (Å²) in [6.45, 7) is 6.22. The lowest BCUT2D eigenvalue weighted by Crippen LogP contribution is -2.19. The average Bonchev–Trinajstić information content (AvgIpc) is 3.24. The molecule has 2 aromatic carbocycles. The molecule has 1 aliphatic heterocycles. The van der Waals surface area contributed by atoms with E-state index in [-0.39, 0.29) is 10.8 Å². The number of aryl methyl sites for hydroxylation is 2. The van der Waals surface area contributed by atoms with E-state index in [4.69, 9.17) is 0 Å². The van der Waals surface area contributed by atoms with E-state index in [0.717, 1.165) is 20.8 Å². The predicted octanol–water partition coefficient (Wildman–Crippen LogP) is 2.97. The largest absolute Gasteiger partial charge is 0.326 e. The van der Waals surface area contributed by atoms with E-state index < -0.39 is 10.0 Å². The predicted molar refractivity (Wildman–Crippen MR) is 111 cm³/mol. The molecule has 29 heavy (non-hydrogen) atoms. The van der Waals surface area contributed by atoms with Crippen LogP contribution in [0.4, 0.5) is 5.69 Å². The summed E-state index contributed by atoms with van der Waals surface area (Å²) in [5, 5.41) is 10.5. The third kappa shape index (κ3) is 3.45. The van der Waals surface area contributed by atoms with Crippen molar-refractivity contribution < 1.29 is 13.2 Å². The fourth-order valence-corrected chi connectivity index (χ4v) is 5.01. The summed E-state index contributed by atoms with van der Waals surface area (Å²) in [7, 11) is -3.91. The number of nitrogens with one attached hydrogen (secondary N) is 2. The highest BCUT2D eigenvalue weighted by Gasteiger charge is 2.31. The van der Waals surface area contributed by atoms with Crippen molar-refractivity contribution in [3.8, 4) is 11.3 Å². The molecule has 0 radical (unpaired) electrons. The quantitative estimate of drug-likeness (QED) is 0.690. The van der Waals surface area contributed by atoms with Crippen LogP contribution >= 0.6 is 0 Å². The Morgan fingerprint density at radius 1 is 1.10 bits per heavy atom. The van der Waals surface area contributed by atoms with Crippen molar-refractivity contribution in [1.29, 1.82) is 0 Å². The van der Waals surface area contributed by atoms with Gasteiger partial charge in [-0.1, -0.05) is 23.8 Å². The summed E-state index contributed by atoms with van der Waals surface area (Å²) >= 11 is 0. The van der Waals surface area contributed by atoms with Gasteiger partial charge in [0, 0.05) is 31.1 Å². The number of hydrogen-bond donors (Lipinski definition) is 2. The molecular weight excluding hydrogens is 388 g/mol. The SMILES string of the molecule is CC(=O)Nc1ccc(C)cc1-c1c2c(nn1S(=O)(=O)c1cccc(C)c1)CNC2. The van der Waals surface area contributed by atoms with Gasteiger partial charge in [-0.25, -0.2) is 0 Å². The maximum Gasteiger partial charge on any atom is 0.283 e. The van der Waals surface area contributed by atoms with E-state index in [0.29, 0.717) is 35.7 Å². The minimum Gasteiger partial charge on any atom is -0.326 e. The Morgan fingerprint density at radius 3 is 2.59 bits per heavy atom. The zero-order valence-electron chi connectivity index (χ0n) is 16.5. The van der Waals surface area contributed by atoms with Crippen molar-refractivity contribution in [2.24, 2.45) is 0 Å². The van der Waals surface area contributed by atoms with E-state index in [1.807, 2.05) is 32.0 Å². The van der Waals surface area contributed by atoms with Crippen LogP contribution in [0.3, 0.4) is 0 Å². The summed E-state index contributed by atoms with van der Waals surface area (Å²) in [5.74, 6) is -0.225. The Bertz CT molecular complexity index is 1230. The van der Waals surface area contributed by atoms with Crippen molar-refractivity contribution in [2.75, 3.05) is 5.32 Å². The first-order valence-corrected chi connectivity index (χ1v) is 10.7. The first kappa shape index (κ1) is 19.4. The molecule has 8 heteroatoms. The lowest BCUT2D eigenvalue weighted by atomic mass is 10.0. The van der Waals surface area contributed by atoms with Crippen molar-refractivity contribution >= 4 is 21.6 Å². The van der Waals surface area contributed by atoms with Crippen LogP contribution in [-0.2, 0) is 27.9 Å². The van der Waals surface area contributed by atoms with Gasteiger partial charge in [0.2, 0.25) is 5.91 Å². The number of aromatic nitrogens is 2. The zero-order chi connectivity index (χ0) is 20.8. The number of carbonyl (C=O) groups excluding carboxylic acids is 1. The monoisotopic (exact) mass is 410 g/mol. The van der Waals surface area contributed by atoms with Crippen LogP contribution in [0, 0.1) is 13.8 Å². The molecule has 7 nitrogen and oxygen atoms in total. The molecule has 0 unspecified atom stereocenters. The fraction of sp³-hybridized carbons (Fsp3) is 0.238. The molecule has 0 saturated carbocycles. The molecule has 0 bridgehead atoms. The molecule has 0 saturated heterocycles. The molecule has 3 aromatic rings. The second-order valence-corrected chi connectivity index (χ2v) is 9.04. The van der Waals surface area contributed by atoms with Crippen molar-refractivity contribution in [1.82, 2.24) is 14.5 Å². The molecule has 150 valence electrons. The van der Waals surface area contributed by atoms with Crippen LogP contribution in [0.25, 0.3) is 11.3 Å². The summed E-state index contributed by atoms with van der Waals surface area (Å²) < 4.78 is 28.1. The van der Waals surface area contributed by atoms with E-state index in [9.17, 15) is 13.2 Å². The van der Waals surface area contributed by atoms with Gasteiger partial charge in [0.05, 0.1) is 22.0 Å². The number of amides is 1. The molecule has 1 amide bonds. The van der Waals surface area contributed by atoms with Gasteiger partial charge in [-0.15, -0.1) is 0 Å². The molecule has 4 rings (SSSR count). The minimum atomic E-state index is -3.91. The normalized spacial score (nSPS) is 13.3. The Hall–Kier alpha value is -2.97. The highest BCUT2D eigenvalue weighted by atomic mass is 32.2. The van der Waals surface area contributed by atoms with Gasteiger partial charge < -0.3 is 10.6 Å². The molecule has 0 spiro atoms. The van der Waals surface area contributed by atoms with Crippen LogP contribution in [-0.4, -0.2) is 23.5 Å². The van der Waals surface area contributed by atoms with Gasteiger partial charge in [0.25, 0.3) is 10.0 Å². The maximum absolute atomic E-state index is 13.5. The van der Waals surface area contributed by atoms with Crippen LogP contribution in [0.2, 0.25) is 0 Å². The molecule has 0 atom stereocenters. The van der Waals surface area contributed by atoms with Crippen LogP contribution in [0.5, 0.6) is 0 Å². The average molecular weight is 410 g/mol. The van der Waals surface area contributed by atoms with E-state index in [1.165, 1.54) is 6.92 Å². The molecular formula is C21H22N4O3S. The molecule has 2 heterocycles. The number of fused-ring (bicyclic) bond motifs is 1. The maximum atomic E-state index is 13.5. The Labute approximate surface area is 169 Å². The number of nitrogens with zero attached hydrogens (tertiary/aromatic N) is 2. The molecule has 0 fully saturated rings. The Balaban J connectivity index is 1.99. The standard InChI is InChI=1S/C21H22N4O3S/c1-13-5-4-6-16(9-13)29(27,28)25-21(18-11-22-12-20(18)24-25)17-10-14(2)7-8-19(17)23-15(3)26/h4-10,22H,11-12H2,1-3H3,(H,23,26). The zero-order valence-corrected chi connectivity index (χ0v) is 17.3. The van der Waals surface area contributed by atoms with E-state index >= 15 is 0 Å². The smallest absolute Gasteiger partial charge is 0.283 e. The van der Waals surface area contributed by atoms with Crippen molar-refractivity contribution in [3.05, 3.63) is 64.8 Å². The van der Waals surface area contributed by atoms with Crippen LogP contribution in [0.15, 0.2) is 47.4 Å². The first-order valence-electron chi connectivity index (χ1n) is 9.29. The van der Waals surface area contributed by atoms with Gasteiger partial charge in [0.1, 0.15) is 0 Å². The fourth-order valence-electron chi connectivity index (χ4n) is 3.57. The third-order valence-electron chi connectivity index (χ3n) is 4.89. The highest BCUT2D eigenvalue weighted by molar-refractivity contribution is 7.90.